The highest BCUT2D eigenvalue weighted by atomic mass is 16.2. The van der Waals surface area contributed by atoms with E-state index in [1.807, 2.05) is 6.92 Å². The van der Waals surface area contributed by atoms with Gasteiger partial charge < -0.3 is 16.0 Å². The molecule has 0 aromatic rings. The molecule has 0 aromatic carbocycles. The van der Waals surface area contributed by atoms with Crippen LogP contribution in [0.3, 0.4) is 0 Å². The number of carbonyl (C=O) groups excluding carboxylic acids is 2. The van der Waals surface area contributed by atoms with Crippen molar-refractivity contribution in [2.45, 2.75) is 64.3 Å². The largest absolute Gasteiger partial charge is 0.353 e. The topological polar surface area (TPSA) is 70.2 Å². The lowest BCUT2D eigenvalue weighted by Crippen LogP contribution is -2.41. The van der Waals surface area contributed by atoms with E-state index in [9.17, 15) is 9.59 Å². The van der Waals surface area contributed by atoms with E-state index < -0.39 is 0 Å². The molecule has 20 heavy (non-hydrogen) atoms. The molecule has 1 aliphatic carbocycles. The first kappa shape index (κ1) is 17.0. The smallest absolute Gasteiger partial charge is 0.239 e. The number of amides is 2. The highest BCUT2D eigenvalue weighted by molar-refractivity contribution is 5.84. The number of nitrogens with one attached hydrogen (secondary N) is 3. The number of carbonyl (C=O) groups is 2. The Morgan fingerprint density at radius 1 is 0.950 bits per heavy atom. The van der Waals surface area contributed by atoms with Gasteiger partial charge in [0.25, 0.3) is 0 Å². The van der Waals surface area contributed by atoms with Crippen molar-refractivity contribution in [3.8, 4) is 0 Å². The molecule has 0 unspecified atom stereocenters. The zero-order valence-corrected chi connectivity index (χ0v) is 12.7. The maximum absolute atomic E-state index is 11.5. The molecule has 1 saturated carbocycles. The first-order valence-electron chi connectivity index (χ1n) is 7.99. The van der Waals surface area contributed by atoms with Gasteiger partial charge in [-0.25, -0.2) is 0 Å². The fourth-order valence-corrected chi connectivity index (χ4v) is 2.52. The standard InChI is InChI=1S/C15H29N3O2/c1-2-7-14(19)18-12-15(20)17-11-10-16-13-8-5-3-4-6-9-13/h13,16H,2-12H2,1H3,(H,17,20)(H,18,19). The maximum atomic E-state index is 11.5. The summed E-state index contributed by atoms with van der Waals surface area (Å²) in [4.78, 5) is 22.7. The average molecular weight is 283 g/mol. The number of hydrogen-bond acceptors (Lipinski definition) is 3. The van der Waals surface area contributed by atoms with Crippen molar-refractivity contribution >= 4 is 11.8 Å². The van der Waals surface area contributed by atoms with Gasteiger partial charge in [-0.3, -0.25) is 9.59 Å². The predicted octanol–water partition coefficient (Wildman–Crippen LogP) is 1.33. The van der Waals surface area contributed by atoms with Crippen molar-refractivity contribution in [3.63, 3.8) is 0 Å². The summed E-state index contributed by atoms with van der Waals surface area (Å²) in [7, 11) is 0. The Morgan fingerprint density at radius 2 is 1.65 bits per heavy atom. The van der Waals surface area contributed by atoms with E-state index in [0.29, 0.717) is 19.0 Å². The molecule has 1 rings (SSSR count). The van der Waals surface area contributed by atoms with Crippen molar-refractivity contribution < 1.29 is 9.59 Å². The van der Waals surface area contributed by atoms with Crippen LogP contribution in [0, 0.1) is 0 Å². The van der Waals surface area contributed by atoms with Gasteiger partial charge in [-0.2, -0.15) is 0 Å². The van der Waals surface area contributed by atoms with Gasteiger partial charge in [0.2, 0.25) is 11.8 Å². The lowest BCUT2D eigenvalue weighted by Gasteiger charge is -2.16. The van der Waals surface area contributed by atoms with Gasteiger partial charge in [0, 0.05) is 25.6 Å². The van der Waals surface area contributed by atoms with Gasteiger partial charge in [-0.1, -0.05) is 32.6 Å². The molecule has 0 aromatic heterocycles. The van der Waals surface area contributed by atoms with Gasteiger partial charge in [0.05, 0.1) is 6.54 Å². The Balaban J connectivity index is 1.99. The molecule has 0 saturated heterocycles. The van der Waals surface area contributed by atoms with Gasteiger partial charge in [-0.05, 0) is 19.3 Å². The van der Waals surface area contributed by atoms with Crippen LogP contribution in [0.1, 0.15) is 58.3 Å². The van der Waals surface area contributed by atoms with E-state index in [1.54, 1.807) is 0 Å². The average Bonchev–Trinajstić information content (AvgIpc) is 2.70. The molecule has 5 heteroatoms. The molecular weight excluding hydrogens is 254 g/mol. The minimum Gasteiger partial charge on any atom is -0.353 e. The van der Waals surface area contributed by atoms with Crippen LogP contribution in [-0.2, 0) is 9.59 Å². The van der Waals surface area contributed by atoms with Crippen LogP contribution < -0.4 is 16.0 Å². The third kappa shape index (κ3) is 8.15. The highest BCUT2D eigenvalue weighted by Gasteiger charge is 2.11. The van der Waals surface area contributed by atoms with E-state index in [4.69, 9.17) is 0 Å². The van der Waals surface area contributed by atoms with E-state index in [0.717, 1.165) is 13.0 Å². The molecule has 0 aliphatic heterocycles. The van der Waals surface area contributed by atoms with Gasteiger partial charge in [0.15, 0.2) is 0 Å². The first-order chi connectivity index (χ1) is 9.72. The van der Waals surface area contributed by atoms with E-state index in [-0.39, 0.29) is 18.4 Å². The third-order valence-corrected chi connectivity index (χ3v) is 3.66. The molecule has 0 atom stereocenters. The quantitative estimate of drug-likeness (QED) is 0.465. The zero-order valence-electron chi connectivity index (χ0n) is 12.7. The summed E-state index contributed by atoms with van der Waals surface area (Å²) in [5.41, 5.74) is 0. The summed E-state index contributed by atoms with van der Waals surface area (Å²) < 4.78 is 0. The molecule has 0 bridgehead atoms. The number of hydrogen-bond donors (Lipinski definition) is 3. The molecule has 0 spiro atoms. The highest BCUT2D eigenvalue weighted by Crippen LogP contribution is 2.16. The van der Waals surface area contributed by atoms with Crippen LogP contribution in [0.5, 0.6) is 0 Å². The van der Waals surface area contributed by atoms with Crippen molar-refractivity contribution in [1.82, 2.24) is 16.0 Å². The molecule has 0 radical (unpaired) electrons. The molecule has 5 nitrogen and oxygen atoms in total. The van der Waals surface area contributed by atoms with Crippen molar-refractivity contribution in [1.29, 1.82) is 0 Å². The third-order valence-electron chi connectivity index (χ3n) is 3.66. The maximum Gasteiger partial charge on any atom is 0.239 e. The summed E-state index contributed by atoms with van der Waals surface area (Å²) in [6, 6.07) is 0.610. The number of rotatable bonds is 8. The second kappa shape index (κ2) is 10.7. The molecule has 116 valence electrons. The van der Waals surface area contributed by atoms with E-state index in [1.165, 1.54) is 38.5 Å². The van der Waals surface area contributed by atoms with Crippen LogP contribution in [0.15, 0.2) is 0 Å². The summed E-state index contributed by atoms with van der Waals surface area (Å²) in [6.07, 6.45) is 9.12. The Bertz CT molecular complexity index is 287. The monoisotopic (exact) mass is 283 g/mol. The summed E-state index contributed by atoms with van der Waals surface area (Å²) in [5, 5.41) is 8.93. The first-order valence-corrected chi connectivity index (χ1v) is 7.99. The van der Waals surface area contributed by atoms with Crippen LogP contribution in [-0.4, -0.2) is 37.5 Å². The van der Waals surface area contributed by atoms with Crippen molar-refractivity contribution in [2.24, 2.45) is 0 Å². The van der Waals surface area contributed by atoms with Crippen LogP contribution in [0.2, 0.25) is 0 Å². The normalized spacial score (nSPS) is 16.4. The summed E-state index contributed by atoms with van der Waals surface area (Å²) in [6.45, 7) is 3.46. The SMILES string of the molecule is CCCC(=O)NCC(=O)NCCNC1CCCCCC1. The minimum absolute atomic E-state index is 0.0563. The Kier molecular flexibility index (Phi) is 9.04. The summed E-state index contributed by atoms with van der Waals surface area (Å²) in [5.74, 6) is -0.170. The van der Waals surface area contributed by atoms with Crippen molar-refractivity contribution in [3.05, 3.63) is 0 Å². The fourth-order valence-electron chi connectivity index (χ4n) is 2.52. The second-order valence-electron chi connectivity index (χ2n) is 5.52. The van der Waals surface area contributed by atoms with Gasteiger partial charge in [-0.15, -0.1) is 0 Å². The lowest BCUT2D eigenvalue weighted by atomic mass is 10.1. The fraction of sp³-hybridized carbons (Fsp3) is 0.867. The van der Waals surface area contributed by atoms with Crippen molar-refractivity contribution in [2.75, 3.05) is 19.6 Å². The van der Waals surface area contributed by atoms with Crippen LogP contribution in [0.25, 0.3) is 0 Å². The Labute approximate surface area is 122 Å². The van der Waals surface area contributed by atoms with Gasteiger partial charge in [0.1, 0.15) is 0 Å². The zero-order chi connectivity index (χ0) is 14.6. The predicted molar refractivity (Wildman–Crippen MR) is 80.4 cm³/mol. The van der Waals surface area contributed by atoms with E-state index >= 15 is 0 Å². The molecule has 2 amide bonds. The second-order valence-corrected chi connectivity index (χ2v) is 5.52. The summed E-state index contributed by atoms with van der Waals surface area (Å²) >= 11 is 0. The van der Waals surface area contributed by atoms with E-state index in [2.05, 4.69) is 16.0 Å². The lowest BCUT2D eigenvalue weighted by molar-refractivity contribution is -0.126. The minimum atomic E-state index is -0.114. The van der Waals surface area contributed by atoms with Gasteiger partial charge >= 0.3 is 0 Å². The Morgan fingerprint density at radius 3 is 2.30 bits per heavy atom. The molecular formula is C15H29N3O2. The van der Waals surface area contributed by atoms with Crippen LogP contribution in [0.4, 0.5) is 0 Å². The van der Waals surface area contributed by atoms with Crippen LogP contribution >= 0.6 is 0 Å². The molecule has 1 aliphatic rings. The molecule has 0 heterocycles. The Hall–Kier alpha value is -1.10. The molecule has 3 N–H and O–H groups in total. The molecule has 1 fully saturated rings.